The van der Waals surface area contributed by atoms with Crippen LogP contribution in [0, 0.1) is 17.8 Å². The van der Waals surface area contributed by atoms with Crippen molar-refractivity contribution in [1.82, 2.24) is 0 Å². The van der Waals surface area contributed by atoms with Crippen LogP contribution in [-0.2, 0) is 10.4 Å². The zero-order chi connectivity index (χ0) is 82.0. The Kier molecular flexibility index (Phi) is 35.5. The second-order valence-electron chi connectivity index (χ2n) is 28.6. The van der Waals surface area contributed by atoms with Crippen molar-refractivity contribution in [2.45, 2.75) is 248 Å². The van der Waals surface area contributed by atoms with Crippen LogP contribution in [0.15, 0.2) is 156 Å². The Morgan fingerprint density at radius 1 is 0.333 bits per heavy atom. The molecule has 6 aromatic carbocycles. The van der Waals surface area contributed by atoms with Crippen LogP contribution in [0.25, 0.3) is 5.57 Å². The highest BCUT2D eigenvalue weighted by atomic mass is 79.9. The Labute approximate surface area is 641 Å². The summed E-state index contributed by atoms with van der Waals surface area (Å²) in [7, 11) is 0. The summed E-state index contributed by atoms with van der Waals surface area (Å²) in [5.74, 6) is 2.30. The highest BCUT2D eigenvalue weighted by molar-refractivity contribution is 9.10. The lowest BCUT2D eigenvalue weighted by atomic mass is 9.76. The van der Waals surface area contributed by atoms with Gasteiger partial charge in [0.1, 0.15) is 40.3 Å². The number of halogens is 19. The molecule has 0 amide bonds. The van der Waals surface area contributed by atoms with Crippen LogP contribution >= 0.6 is 15.9 Å². The molecule has 11 nitrogen and oxygen atoms in total. The SMILES string of the molecule is CC1CC=C(c2ccc(OC(F)(F)F)cc2)CC1.CC1CCC(=O)CC1.CC1CCC(O)(c2ccc(OC(F)(F)F)cc2)CC1.FC(F)(F)Oc1ccc(Br)cc1.OC1CCC(c2ccc(OC(F)(F)F)cc2)CC1.OC1CCC(c2ccc(OC(F)(F)F)cc2)CC1.OC1CCC(c2ccc(OC(F)(F)F)cc2)CC1. The van der Waals surface area contributed by atoms with Gasteiger partial charge >= 0.3 is 38.2 Å². The van der Waals surface area contributed by atoms with Gasteiger partial charge in [0.05, 0.1) is 23.9 Å². The summed E-state index contributed by atoms with van der Waals surface area (Å²) < 4.78 is 238. The third-order valence-corrected chi connectivity index (χ3v) is 20.1. The Morgan fingerprint density at radius 2 is 0.586 bits per heavy atom. The van der Waals surface area contributed by atoms with Crippen LogP contribution in [0.3, 0.4) is 0 Å². The molecule has 0 radical (unpaired) electrons. The molecule has 0 aromatic heterocycles. The second-order valence-corrected chi connectivity index (χ2v) is 29.5. The standard InChI is InChI=1S/C14H17F3O2.C14H15F3O.3C13H15F3O2.C7H4BrF3O.C7H12O/c1-10-6-8-13(18,9-7-10)11-2-4-12(5-3-11)19-14(15,16)17;1-10-2-4-11(5-3-10)12-6-8-13(9-7-12)18-14(15,16)17;3*14-13(15,16)18-12-7-3-10(4-8-12)9-1-5-11(17)6-2-9;8-5-1-3-6(4-2-5)12-7(9,10)11;1-6-2-4-7(8)5-3-6/h2-5,10,18H,6-9H2,1H3;4,6-10H,2-3,5H2,1H3;3*3-4,7-9,11,17H,1-2,5-6H2;1-4H;6H,2-5H2,1H3. The normalized spacial score (nSPS) is 23.2. The summed E-state index contributed by atoms with van der Waals surface area (Å²) >= 11 is 3.09. The van der Waals surface area contributed by atoms with Gasteiger partial charge in [0.2, 0.25) is 0 Å². The average molecular weight is 1660 g/mol. The molecule has 1 atom stereocenters. The summed E-state index contributed by atoms with van der Waals surface area (Å²) in [6, 6.07) is 35.1. The van der Waals surface area contributed by atoms with Gasteiger partial charge in [0, 0.05) is 17.3 Å². The van der Waals surface area contributed by atoms with Gasteiger partial charge in [0.25, 0.3) is 0 Å². The van der Waals surface area contributed by atoms with E-state index in [1.165, 1.54) is 103 Å². The molecule has 0 saturated heterocycles. The number of carbonyl (C=O) groups excluding carboxylic acids is 1. The number of hydrogen-bond donors (Lipinski definition) is 4. The highest BCUT2D eigenvalue weighted by Gasteiger charge is 2.38. The van der Waals surface area contributed by atoms with Crippen molar-refractivity contribution in [2.24, 2.45) is 17.8 Å². The first kappa shape index (κ1) is 92.5. The molecular weight excluding hydrogens is 1570 g/mol. The molecule has 1 unspecified atom stereocenters. The monoisotopic (exact) mass is 1660 g/mol. The third-order valence-electron chi connectivity index (χ3n) is 19.6. The Bertz CT molecular complexity index is 3470. The molecule has 616 valence electrons. The number of rotatable bonds is 11. The molecular formula is C81H93BrF18O11. The van der Waals surface area contributed by atoms with E-state index < -0.39 is 43.8 Å². The zero-order valence-electron chi connectivity index (χ0n) is 61.2. The van der Waals surface area contributed by atoms with Crippen LogP contribution in [0.2, 0.25) is 0 Å². The highest BCUT2D eigenvalue weighted by Crippen LogP contribution is 2.42. The van der Waals surface area contributed by atoms with E-state index in [-0.39, 0.29) is 52.8 Å². The van der Waals surface area contributed by atoms with Crippen LogP contribution in [0.1, 0.15) is 214 Å². The van der Waals surface area contributed by atoms with Crippen molar-refractivity contribution in [3.8, 4) is 34.5 Å². The third kappa shape index (κ3) is 37.4. The van der Waals surface area contributed by atoms with Crippen LogP contribution in [0.4, 0.5) is 79.0 Å². The summed E-state index contributed by atoms with van der Waals surface area (Å²) in [5, 5.41) is 38.7. The molecule has 6 aliphatic carbocycles. The van der Waals surface area contributed by atoms with Gasteiger partial charge in [-0.05, 0) is 289 Å². The van der Waals surface area contributed by atoms with E-state index in [9.17, 15) is 104 Å². The first-order valence-electron chi connectivity index (χ1n) is 36.6. The lowest BCUT2D eigenvalue weighted by Crippen LogP contribution is -2.30. The number of benzene rings is 6. The van der Waals surface area contributed by atoms with Crippen molar-refractivity contribution in [1.29, 1.82) is 0 Å². The summed E-state index contributed by atoms with van der Waals surface area (Å²) in [6.45, 7) is 6.56. The molecule has 0 aliphatic heterocycles. The zero-order valence-corrected chi connectivity index (χ0v) is 62.8. The number of Topliss-reactive ketones (excluding diaryl/α,β-unsaturated/α-hetero) is 1. The minimum Gasteiger partial charge on any atom is -0.406 e. The number of ether oxygens (including phenoxy) is 6. The molecule has 0 spiro atoms. The predicted octanol–water partition coefficient (Wildman–Crippen LogP) is 24.7. The van der Waals surface area contributed by atoms with Gasteiger partial charge in [0.15, 0.2) is 0 Å². The summed E-state index contributed by atoms with van der Waals surface area (Å²) in [6.07, 6.45) is -6.35. The Balaban J connectivity index is 0.000000204. The molecule has 5 fully saturated rings. The van der Waals surface area contributed by atoms with Crippen LogP contribution in [0.5, 0.6) is 34.5 Å². The number of alkyl halides is 18. The van der Waals surface area contributed by atoms with E-state index in [4.69, 9.17) is 0 Å². The number of allylic oxidation sites excluding steroid dienone is 2. The van der Waals surface area contributed by atoms with E-state index >= 15 is 0 Å². The maximum atomic E-state index is 12.0. The fourth-order valence-corrected chi connectivity index (χ4v) is 13.6. The number of carbonyl (C=O) groups is 1. The molecule has 6 aliphatic rings. The van der Waals surface area contributed by atoms with Gasteiger partial charge in [-0.2, -0.15) is 0 Å². The maximum Gasteiger partial charge on any atom is 0.573 e. The predicted molar refractivity (Wildman–Crippen MR) is 383 cm³/mol. The first-order valence-corrected chi connectivity index (χ1v) is 37.4. The molecule has 4 N–H and O–H groups in total. The summed E-state index contributed by atoms with van der Waals surface area (Å²) in [5.41, 5.74) is 4.98. The average Bonchev–Trinajstić information content (AvgIpc) is 0.810. The first-order chi connectivity index (χ1) is 51.8. The molecule has 30 heteroatoms. The fourth-order valence-electron chi connectivity index (χ4n) is 13.4. The van der Waals surface area contributed by atoms with Crippen molar-refractivity contribution in [3.63, 3.8) is 0 Å². The van der Waals surface area contributed by atoms with Gasteiger partial charge in [-0.1, -0.05) is 103 Å². The molecule has 5 saturated carbocycles. The fraction of sp³-hybridized carbons (Fsp3) is 0.519. The van der Waals surface area contributed by atoms with Crippen LogP contribution in [-0.4, -0.2) is 82.7 Å². The molecule has 6 aromatic rings. The minimum atomic E-state index is -4.68. The second kappa shape index (κ2) is 42.6. The molecule has 12 rings (SSSR count). The van der Waals surface area contributed by atoms with Gasteiger partial charge in [-0.3, -0.25) is 4.79 Å². The lowest BCUT2D eigenvalue weighted by molar-refractivity contribution is -0.275. The van der Waals surface area contributed by atoms with E-state index in [1.54, 1.807) is 48.5 Å². The largest absolute Gasteiger partial charge is 0.573 e. The quantitative estimate of drug-likeness (QED) is 0.0917. The van der Waals surface area contributed by atoms with Gasteiger partial charge < -0.3 is 48.8 Å². The van der Waals surface area contributed by atoms with Crippen molar-refractivity contribution >= 4 is 27.3 Å². The number of hydrogen-bond acceptors (Lipinski definition) is 11. The van der Waals surface area contributed by atoms with E-state index in [0.717, 1.165) is 163 Å². The minimum absolute atomic E-state index is 0.170. The number of ketones is 1. The molecule has 0 heterocycles. The Morgan fingerprint density at radius 3 is 0.847 bits per heavy atom. The molecule has 0 bridgehead atoms. The number of aliphatic hydroxyl groups is 4. The van der Waals surface area contributed by atoms with Gasteiger partial charge in [-0.15, -0.1) is 79.0 Å². The lowest BCUT2D eigenvalue weighted by Gasteiger charge is -2.35. The topological polar surface area (TPSA) is 153 Å². The Hall–Kier alpha value is -7.41. The van der Waals surface area contributed by atoms with Crippen molar-refractivity contribution in [3.05, 3.63) is 184 Å². The van der Waals surface area contributed by atoms with E-state index in [0.29, 0.717) is 58.3 Å². The van der Waals surface area contributed by atoms with Crippen molar-refractivity contribution in [2.75, 3.05) is 0 Å². The van der Waals surface area contributed by atoms with E-state index in [1.807, 2.05) is 0 Å². The van der Waals surface area contributed by atoms with Gasteiger partial charge in [-0.25, -0.2) is 0 Å². The van der Waals surface area contributed by atoms with Crippen LogP contribution < -0.4 is 28.4 Å². The number of aliphatic hydroxyl groups excluding tert-OH is 3. The smallest absolute Gasteiger partial charge is 0.406 e. The summed E-state index contributed by atoms with van der Waals surface area (Å²) in [4.78, 5) is 10.6. The van der Waals surface area contributed by atoms with E-state index in [2.05, 4.69) is 71.2 Å². The van der Waals surface area contributed by atoms with Crippen molar-refractivity contribution < 1.29 is 133 Å². The maximum absolute atomic E-state index is 12.0. The molecule has 111 heavy (non-hydrogen) atoms.